The average Bonchev–Trinajstić information content (AvgIpc) is 2.51. The number of carbonyl (C=O) groups excluding carboxylic acids is 1. The summed E-state index contributed by atoms with van der Waals surface area (Å²) in [5.41, 5.74) is 8.94. The number of likely N-dealkylation sites (tertiary alicyclic amines) is 1. The highest BCUT2D eigenvalue weighted by Gasteiger charge is 2.34. The predicted octanol–water partition coefficient (Wildman–Crippen LogP) is 2.66. The van der Waals surface area contributed by atoms with Gasteiger partial charge in [-0.05, 0) is 42.2 Å². The van der Waals surface area contributed by atoms with Crippen LogP contribution in [-0.4, -0.2) is 36.5 Å². The number of aryl methyl sites for hydroxylation is 1. The first-order valence-corrected chi connectivity index (χ1v) is 8.81. The summed E-state index contributed by atoms with van der Waals surface area (Å²) in [6.07, 6.45) is 4.28. The Morgan fingerprint density at radius 3 is 2.83 bits per heavy atom. The highest BCUT2D eigenvalue weighted by atomic mass is 35.5. The number of nitrogens with one attached hydrogen (secondary N) is 1. The fourth-order valence-corrected chi connectivity index (χ4v) is 3.97. The number of hydrogen-bond donors (Lipinski definition) is 2. The number of benzene rings is 1. The molecule has 134 valence electrons. The summed E-state index contributed by atoms with van der Waals surface area (Å²) in [7, 11) is 0. The van der Waals surface area contributed by atoms with Crippen LogP contribution in [0.3, 0.4) is 0 Å². The largest absolute Gasteiger partial charge is 0.348 e. The van der Waals surface area contributed by atoms with Crippen LogP contribution in [0.4, 0.5) is 0 Å². The summed E-state index contributed by atoms with van der Waals surface area (Å²) in [5, 5.41) is 3.25. The summed E-state index contributed by atoms with van der Waals surface area (Å²) in [5.74, 6) is 0.137. The molecule has 0 radical (unpaired) electrons. The second-order valence-electron chi connectivity index (χ2n) is 7.81. The van der Waals surface area contributed by atoms with E-state index in [1.54, 1.807) is 0 Å². The van der Waals surface area contributed by atoms with Gasteiger partial charge in [-0.1, -0.05) is 38.1 Å². The summed E-state index contributed by atoms with van der Waals surface area (Å²) in [4.78, 5) is 14.7. The lowest BCUT2D eigenvalue weighted by Gasteiger charge is -2.42. The number of carbonyl (C=O) groups is 1. The number of amides is 1. The standard InChI is InChI=1S/C19H29N3O.ClH/c1-19(2)13-22(11-10-17(19)20)12-18(23)21-16-9-5-7-14-6-3-4-8-15(14)16;/h3-4,6,8,16-17H,5,7,9-13,20H2,1-2H3,(H,21,23);1H. The van der Waals surface area contributed by atoms with Crippen LogP contribution in [0.25, 0.3) is 0 Å². The van der Waals surface area contributed by atoms with Gasteiger partial charge >= 0.3 is 0 Å². The minimum atomic E-state index is 0. The van der Waals surface area contributed by atoms with Crippen molar-refractivity contribution in [1.29, 1.82) is 0 Å². The summed E-state index contributed by atoms with van der Waals surface area (Å²) in [6.45, 7) is 6.68. The zero-order chi connectivity index (χ0) is 16.4. The van der Waals surface area contributed by atoms with Crippen LogP contribution in [0.15, 0.2) is 24.3 Å². The first-order valence-electron chi connectivity index (χ1n) is 8.81. The van der Waals surface area contributed by atoms with E-state index in [4.69, 9.17) is 5.73 Å². The third-order valence-electron chi connectivity index (χ3n) is 5.46. The van der Waals surface area contributed by atoms with Crippen molar-refractivity contribution < 1.29 is 4.79 Å². The van der Waals surface area contributed by atoms with Crippen LogP contribution in [0.2, 0.25) is 0 Å². The van der Waals surface area contributed by atoms with Crippen molar-refractivity contribution in [3.63, 3.8) is 0 Å². The van der Waals surface area contributed by atoms with E-state index >= 15 is 0 Å². The number of nitrogens with zero attached hydrogens (tertiary/aromatic N) is 1. The minimum absolute atomic E-state index is 0. The van der Waals surface area contributed by atoms with Gasteiger partial charge in [-0.15, -0.1) is 12.4 Å². The monoisotopic (exact) mass is 351 g/mol. The molecule has 2 aliphatic rings. The highest BCUT2D eigenvalue weighted by molar-refractivity contribution is 5.85. The molecule has 1 aromatic rings. The molecule has 1 aromatic carbocycles. The lowest BCUT2D eigenvalue weighted by Crippen LogP contribution is -2.54. The smallest absolute Gasteiger partial charge is 0.234 e. The zero-order valence-corrected chi connectivity index (χ0v) is 15.6. The fourth-order valence-electron chi connectivity index (χ4n) is 3.97. The summed E-state index contributed by atoms with van der Waals surface area (Å²) < 4.78 is 0. The van der Waals surface area contributed by atoms with E-state index in [2.05, 4.69) is 48.3 Å². The third-order valence-corrected chi connectivity index (χ3v) is 5.46. The molecule has 4 nitrogen and oxygen atoms in total. The van der Waals surface area contributed by atoms with E-state index in [-0.39, 0.29) is 35.8 Å². The maximum atomic E-state index is 12.5. The van der Waals surface area contributed by atoms with E-state index in [0.717, 1.165) is 38.8 Å². The molecular weight excluding hydrogens is 322 g/mol. The first kappa shape index (κ1) is 19.2. The summed E-state index contributed by atoms with van der Waals surface area (Å²) >= 11 is 0. The molecule has 1 heterocycles. The molecule has 1 fully saturated rings. The Morgan fingerprint density at radius 2 is 2.08 bits per heavy atom. The molecule has 0 spiro atoms. The summed E-state index contributed by atoms with van der Waals surface area (Å²) in [6, 6.07) is 8.89. The molecule has 5 heteroatoms. The van der Waals surface area contributed by atoms with Crippen LogP contribution in [-0.2, 0) is 11.2 Å². The van der Waals surface area contributed by atoms with E-state index in [9.17, 15) is 4.79 Å². The van der Waals surface area contributed by atoms with Gasteiger partial charge in [0.25, 0.3) is 0 Å². The van der Waals surface area contributed by atoms with Crippen molar-refractivity contribution >= 4 is 18.3 Å². The molecule has 0 saturated carbocycles. The lowest BCUT2D eigenvalue weighted by atomic mass is 9.80. The SMILES string of the molecule is CC1(C)CN(CC(=O)NC2CCCc3ccccc32)CCC1N.Cl. The van der Waals surface area contributed by atoms with Gasteiger partial charge in [0.2, 0.25) is 5.91 Å². The Kier molecular flexibility index (Phi) is 6.29. The van der Waals surface area contributed by atoms with E-state index < -0.39 is 0 Å². The Bertz CT molecular complexity index is 575. The van der Waals surface area contributed by atoms with Crippen molar-refractivity contribution in [3.8, 4) is 0 Å². The van der Waals surface area contributed by atoms with Gasteiger partial charge in [-0.2, -0.15) is 0 Å². The van der Waals surface area contributed by atoms with Crippen LogP contribution < -0.4 is 11.1 Å². The van der Waals surface area contributed by atoms with Crippen molar-refractivity contribution in [2.24, 2.45) is 11.1 Å². The average molecular weight is 352 g/mol. The van der Waals surface area contributed by atoms with Gasteiger partial charge < -0.3 is 11.1 Å². The molecular formula is C19H30ClN3O. The van der Waals surface area contributed by atoms with Gasteiger partial charge in [0.15, 0.2) is 0 Å². The number of piperidine rings is 1. The minimum Gasteiger partial charge on any atom is -0.348 e. The van der Waals surface area contributed by atoms with Crippen LogP contribution in [0.5, 0.6) is 0 Å². The topological polar surface area (TPSA) is 58.4 Å². The molecule has 1 aliphatic heterocycles. The fraction of sp³-hybridized carbons (Fsp3) is 0.632. The number of halogens is 1. The van der Waals surface area contributed by atoms with Gasteiger partial charge in [-0.3, -0.25) is 9.69 Å². The van der Waals surface area contributed by atoms with E-state index in [1.165, 1.54) is 11.1 Å². The molecule has 2 unspecified atom stereocenters. The van der Waals surface area contributed by atoms with Crippen molar-refractivity contribution in [1.82, 2.24) is 10.2 Å². The lowest BCUT2D eigenvalue weighted by molar-refractivity contribution is -0.123. The molecule has 0 aromatic heterocycles. The normalized spacial score (nSPS) is 26.1. The molecule has 1 amide bonds. The van der Waals surface area contributed by atoms with Crippen molar-refractivity contribution in [2.75, 3.05) is 19.6 Å². The number of rotatable bonds is 3. The van der Waals surface area contributed by atoms with E-state index in [1.807, 2.05) is 0 Å². The molecule has 1 saturated heterocycles. The van der Waals surface area contributed by atoms with Gasteiger partial charge in [-0.25, -0.2) is 0 Å². The number of hydrogen-bond acceptors (Lipinski definition) is 3. The second kappa shape index (κ2) is 7.85. The molecule has 3 rings (SSSR count). The van der Waals surface area contributed by atoms with Crippen LogP contribution in [0.1, 0.15) is 50.3 Å². The molecule has 1 aliphatic carbocycles. The number of nitrogens with two attached hydrogens (primary N) is 1. The molecule has 0 bridgehead atoms. The van der Waals surface area contributed by atoms with Gasteiger partial charge in [0.05, 0.1) is 12.6 Å². The zero-order valence-electron chi connectivity index (χ0n) is 14.8. The Morgan fingerprint density at radius 1 is 1.33 bits per heavy atom. The maximum absolute atomic E-state index is 12.5. The van der Waals surface area contributed by atoms with Crippen LogP contribution >= 0.6 is 12.4 Å². The molecule has 3 N–H and O–H groups in total. The van der Waals surface area contributed by atoms with E-state index in [0.29, 0.717) is 6.54 Å². The van der Waals surface area contributed by atoms with Crippen molar-refractivity contribution in [3.05, 3.63) is 35.4 Å². The maximum Gasteiger partial charge on any atom is 0.234 e. The number of fused-ring (bicyclic) bond motifs is 1. The Hall–Kier alpha value is -1.10. The molecule has 2 atom stereocenters. The predicted molar refractivity (Wildman–Crippen MR) is 100 cm³/mol. The first-order chi connectivity index (χ1) is 11.0. The second-order valence-corrected chi connectivity index (χ2v) is 7.81. The highest BCUT2D eigenvalue weighted by Crippen LogP contribution is 2.30. The Balaban J connectivity index is 0.00000208. The third kappa shape index (κ3) is 4.29. The molecule has 24 heavy (non-hydrogen) atoms. The van der Waals surface area contributed by atoms with Crippen LogP contribution in [0, 0.1) is 5.41 Å². The van der Waals surface area contributed by atoms with Gasteiger partial charge in [0.1, 0.15) is 0 Å². The quantitative estimate of drug-likeness (QED) is 0.880. The Labute approximate surface area is 151 Å². The van der Waals surface area contributed by atoms with Gasteiger partial charge in [0, 0.05) is 19.1 Å². The van der Waals surface area contributed by atoms with Crippen molar-refractivity contribution in [2.45, 2.75) is 51.6 Å².